The van der Waals surface area contributed by atoms with Gasteiger partial charge in [-0.2, -0.15) is 0 Å². The average molecular weight is 471 g/mol. The summed E-state index contributed by atoms with van der Waals surface area (Å²) in [4.78, 5) is 28.1. The van der Waals surface area contributed by atoms with E-state index in [1.807, 2.05) is 11.0 Å². The number of aromatic nitrogens is 3. The van der Waals surface area contributed by atoms with Crippen molar-refractivity contribution in [1.82, 2.24) is 25.2 Å². The van der Waals surface area contributed by atoms with E-state index in [4.69, 9.17) is 4.42 Å². The Morgan fingerprint density at radius 3 is 2.56 bits per heavy atom. The zero-order valence-corrected chi connectivity index (χ0v) is 19.0. The molecular weight excluding hydrogens is 442 g/mol. The second kappa shape index (κ2) is 9.61. The molecule has 0 aromatic carbocycles. The fraction of sp³-hybridized carbons (Fsp3) is 0.500. The summed E-state index contributed by atoms with van der Waals surface area (Å²) in [7, 11) is 0. The monoisotopic (exact) mass is 470 g/mol. The molecule has 0 saturated carbocycles. The summed E-state index contributed by atoms with van der Waals surface area (Å²) in [5.41, 5.74) is 1.50. The first kappa shape index (κ1) is 22.6. The third kappa shape index (κ3) is 4.59. The molecule has 0 spiro atoms. The molecule has 2 N–H and O–H groups in total. The van der Waals surface area contributed by atoms with Crippen LogP contribution in [0.2, 0.25) is 0 Å². The first-order valence-electron chi connectivity index (χ1n) is 11.7. The van der Waals surface area contributed by atoms with Crippen LogP contribution in [-0.4, -0.2) is 63.4 Å². The van der Waals surface area contributed by atoms with Crippen molar-refractivity contribution in [3.8, 4) is 11.3 Å². The first-order valence-corrected chi connectivity index (χ1v) is 11.7. The van der Waals surface area contributed by atoms with Gasteiger partial charge in [-0.1, -0.05) is 0 Å². The number of rotatable bonds is 6. The van der Waals surface area contributed by atoms with Gasteiger partial charge in [0, 0.05) is 42.2 Å². The van der Waals surface area contributed by atoms with E-state index in [-0.39, 0.29) is 24.2 Å². The van der Waals surface area contributed by atoms with E-state index in [1.54, 1.807) is 31.6 Å². The van der Waals surface area contributed by atoms with Gasteiger partial charge >= 0.3 is 6.03 Å². The van der Waals surface area contributed by atoms with Gasteiger partial charge in [0.15, 0.2) is 11.7 Å². The molecule has 3 aromatic heterocycles. The summed E-state index contributed by atoms with van der Waals surface area (Å²) in [6, 6.07) is 2.84. The smallest absolute Gasteiger partial charge is 0.323 e. The number of amides is 2. The van der Waals surface area contributed by atoms with E-state index in [0.717, 1.165) is 30.2 Å². The minimum Gasteiger partial charge on any atom is -0.441 e. The number of aryl methyl sites for hydroxylation is 1. The molecule has 2 aliphatic heterocycles. The number of anilines is 1. The largest absolute Gasteiger partial charge is 0.441 e. The van der Waals surface area contributed by atoms with Crippen molar-refractivity contribution in [2.24, 2.45) is 0 Å². The Balaban J connectivity index is 1.31. The summed E-state index contributed by atoms with van der Waals surface area (Å²) in [5, 5.41) is 6.86. The van der Waals surface area contributed by atoms with E-state index >= 15 is 0 Å². The van der Waals surface area contributed by atoms with Crippen molar-refractivity contribution in [2.45, 2.75) is 63.2 Å². The van der Waals surface area contributed by atoms with Crippen LogP contribution >= 0.6 is 0 Å². The summed E-state index contributed by atoms with van der Waals surface area (Å²) >= 11 is 0. The Kier molecular flexibility index (Phi) is 6.40. The third-order valence-electron chi connectivity index (χ3n) is 6.76. The second-order valence-electron chi connectivity index (χ2n) is 9.15. The zero-order chi connectivity index (χ0) is 23.7. The van der Waals surface area contributed by atoms with Crippen LogP contribution in [0.15, 0.2) is 35.1 Å². The highest BCUT2D eigenvalue weighted by molar-refractivity contribution is 5.92. The van der Waals surface area contributed by atoms with Crippen molar-refractivity contribution >= 4 is 22.8 Å². The number of halogens is 2. The molecule has 34 heavy (non-hydrogen) atoms. The maximum atomic E-state index is 13.2. The SMILES string of the molecule is Cc1ncc(-c2cnc3cnc(NC(=O)N4C5CCC[C@H]4CC(NC(CF)CF)C5)cc3c2)o1. The Hall–Kier alpha value is -3.14. The Bertz CT molecular complexity index is 1150. The Labute approximate surface area is 196 Å². The van der Waals surface area contributed by atoms with Crippen molar-refractivity contribution in [2.75, 3.05) is 18.7 Å². The molecule has 2 aliphatic rings. The van der Waals surface area contributed by atoms with Crippen molar-refractivity contribution < 1.29 is 18.0 Å². The number of piperidine rings is 2. The Morgan fingerprint density at radius 2 is 1.88 bits per heavy atom. The van der Waals surface area contributed by atoms with Gasteiger partial charge in [0.25, 0.3) is 0 Å². The molecular formula is C24H28F2N6O2. The highest BCUT2D eigenvalue weighted by Crippen LogP contribution is 2.35. The fourth-order valence-corrected chi connectivity index (χ4v) is 5.22. The van der Waals surface area contributed by atoms with E-state index in [2.05, 4.69) is 25.6 Å². The fourth-order valence-electron chi connectivity index (χ4n) is 5.22. The molecule has 10 heteroatoms. The van der Waals surface area contributed by atoms with Crippen LogP contribution in [0.1, 0.15) is 38.0 Å². The van der Waals surface area contributed by atoms with Gasteiger partial charge in [-0.3, -0.25) is 10.3 Å². The van der Waals surface area contributed by atoms with Crippen LogP contribution in [0, 0.1) is 6.92 Å². The van der Waals surface area contributed by atoms with Gasteiger partial charge in [-0.05, 0) is 44.2 Å². The molecule has 5 heterocycles. The predicted octanol–water partition coefficient (Wildman–Crippen LogP) is 4.41. The van der Waals surface area contributed by atoms with Crippen molar-refractivity contribution in [1.29, 1.82) is 0 Å². The lowest BCUT2D eigenvalue weighted by molar-refractivity contribution is 0.0565. The molecule has 0 radical (unpaired) electrons. The van der Waals surface area contributed by atoms with Crippen molar-refractivity contribution in [3.05, 3.63) is 36.6 Å². The van der Waals surface area contributed by atoms with Crippen LogP contribution in [0.5, 0.6) is 0 Å². The normalized spacial score (nSPS) is 22.4. The molecule has 2 fully saturated rings. The number of alkyl halides is 2. The first-order chi connectivity index (χ1) is 16.5. The van der Waals surface area contributed by atoms with E-state index in [1.165, 1.54) is 0 Å². The van der Waals surface area contributed by atoms with Crippen LogP contribution in [-0.2, 0) is 0 Å². The second-order valence-corrected chi connectivity index (χ2v) is 9.15. The standard InChI is InChI=1S/C24H28F2N6O2/c1-14-27-13-22(34-14)16-5-15-6-23(29-12-21(15)28-11-16)31-24(33)32-19-3-2-4-20(32)8-17(7-19)30-18(9-25)10-26/h5-6,11-13,17-20,30H,2-4,7-10H2,1H3,(H,29,31,33)/t17?,19-,20?/m0/s1. The molecule has 2 bridgehead atoms. The average Bonchev–Trinajstić information content (AvgIpc) is 3.27. The maximum absolute atomic E-state index is 13.2. The van der Waals surface area contributed by atoms with Crippen molar-refractivity contribution in [3.63, 3.8) is 0 Å². The zero-order valence-electron chi connectivity index (χ0n) is 19.0. The lowest BCUT2D eigenvalue weighted by Gasteiger charge is -2.49. The number of carbonyl (C=O) groups is 1. The molecule has 5 rings (SSSR count). The minimum atomic E-state index is -0.771. The topological polar surface area (TPSA) is 96.2 Å². The molecule has 3 aromatic rings. The number of pyridine rings is 2. The third-order valence-corrected chi connectivity index (χ3v) is 6.76. The summed E-state index contributed by atoms with van der Waals surface area (Å²) in [6.07, 6.45) is 9.18. The minimum absolute atomic E-state index is 0.0128. The van der Waals surface area contributed by atoms with Crippen LogP contribution in [0.25, 0.3) is 22.2 Å². The maximum Gasteiger partial charge on any atom is 0.323 e. The molecule has 180 valence electrons. The van der Waals surface area contributed by atoms with Gasteiger partial charge < -0.3 is 14.6 Å². The van der Waals surface area contributed by atoms with Crippen LogP contribution in [0.3, 0.4) is 0 Å². The van der Waals surface area contributed by atoms with Gasteiger partial charge in [-0.15, -0.1) is 0 Å². The number of oxazole rings is 1. The highest BCUT2D eigenvalue weighted by atomic mass is 19.1. The molecule has 8 nitrogen and oxygen atoms in total. The highest BCUT2D eigenvalue weighted by Gasteiger charge is 2.41. The van der Waals surface area contributed by atoms with E-state index in [9.17, 15) is 13.6 Å². The quantitative estimate of drug-likeness (QED) is 0.554. The van der Waals surface area contributed by atoms with Gasteiger partial charge in [-0.25, -0.2) is 23.5 Å². The number of fused-ring (bicyclic) bond motifs is 3. The van der Waals surface area contributed by atoms with Gasteiger partial charge in [0.2, 0.25) is 0 Å². The molecule has 2 unspecified atom stereocenters. The van der Waals surface area contributed by atoms with E-state index < -0.39 is 19.4 Å². The molecule has 2 amide bonds. The predicted molar refractivity (Wildman–Crippen MR) is 124 cm³/mol. The Morgan fingerprint density at radius 1 is 1.12 bits per heavy atom. The molecule has 0 aliphatic carbocycles. The van der Waals surface area contributed by atoms with Crippen LogP contribution in [0.4, 0.5) is 19.4 Å². The number of hydrogen-bond donors (Lipinski definition) is 2. The summed E-state index contributed by atoms with van der Waals surface area (Å²) in [6.45, 7) is 0.323. The van der Waals surface area contributed by atoms with E-state index in [0.29, 0.717) is 35.8 Å². The number of nitrogens with zero attached hydrogens (tertiary/aromatic N) is 4. The lowest BCUT2D eigenvalue weighted by Crippen LogP contribution is -2.60. The lowest BCUT2D eigenvalue weighted by atomic mass is 9.81. The van der Waals surface area contributed by atoms with Crippen LogP contribution < -0.4 is 10.6 Å². The number of hydrogen-bond acceptors (Lipinski definition) is 6. The van der Waals surface area contributed by atoms with Gasteiger partial charge in [0.1, 0.15) is 19.2 Å². The molecule has 2 saturated heterocycles. The number of nitrogens with one attached hydrogen (secondary N) is 2. The van der Waals surface area contributed by atoms with Gasteiger partial charge in [0.05, 0.1) is 24.0 Å². The summed E-state index contributed by atoms with van der Waals surface area (Å²) in [5.74, 6) is 1.65. The molecule has 3 atom stereocenters. The summed E-state index contributed by atoms with van der Waals surface area (Å²) < 4.78 is 31.6. The number of urea groups is 1. The number of carbonyl (C=O) groups excluding carboxylic acids is 1.